The number of hydrogen-bond acceptors (Lipinski definition) is 2. The second-order valence-electron chi connectivity index (χ2n) is 5.25. The fraction of sp³-hybridized carbons (Fsp3) is 0.846. The van der Waals surface area contributed by atoms with Gasteiger partial charge in [0.2, 0.25) is 0 Å². The van der Waals surface area contributed by atoms with Gasteiger partial charge < -0.3 is 10.0 Å². The van der Waals surface area contributed by atoms with Crippen LogP contribution in [0.4, 0.5) is 0 Å². The van der Waals surface area contributed by atoms with Gasteiger partial charge in [0.25, 0.3) is 0 Å². The largest absolute Gasteiger partial charge is 0.377 e. The number of hydrogen-bond donors (Lipinski definition) is 1. The van der Waals surface area contributed by atoms with Crippen LogP contribution in [-0.4, -0.2) is 34.7 Å². The van der Waals surface area contributed by atoms with Gasteiger partial charge in [-0.2, -0.15) is 0 Å². The van der Waals surface area contributed by atoms with Crippen LogP contribution in [-0.2, 0) is 0 Å². The van der Waals surface area contributed by atoms with Gasteiger partial charge in [0.05, 0.1) is 0 Å². The van der Waals surface area contributed by atoms with Crippen molar-refractivity contribution in [3.05, 3.63) is 0 Å². The fourth-order valence-electron chi connectivity index (χ4n) is 3.39. The van der Waals surface area contributed by atoms with E-state index in [9.17, 15) is 5.11 Å². The first-order valence-electron chi connectivity index (χ1n) is 6.00. The molecule has 84 valence electrons. The summed E-state index contributed by atoms with van der Waals surface area (Å²) < 4.78 is 0. The van der Waals surface area contributed by atoms with E-state index in [1.165, 1.54) is 19.3 Å². The van der Waals surface area contributed by atoms with Crippen LogP contribution in [0.3, 0.4) is 0 Å². The first-order valence-corrected chi connectivity index (χ1v) is 6.00. The summed E-state index contributed by atoms with van der Waals surface area (Å²) in [6.07, 6.45) is 11.0. The van der Waals surface area contributed by atoms with E-state index in [0.717, 1.165) is 12.8 Å². The lowest BCUT2D eigenvalue weighted by atomic mass is 9.68. The van der Waals surface area contributed by atoms with Gasteiger partial charge in [-0.05, 0) is 26.8 Å². The average molecular weight is 207 g/mol. The van der Waals surface area contributed by atoms with Crippen molar-refractivity contribution in [3.8, 4) is 12.3 Å². The van der Waals surface area contributed by atoms with Gasteiger partial charge in [0.1, 0.15) is 5.60 Å². The highest BCUT2D eigenvalue weighted by Crippen LogP contribution is 2.42. The highest BCUT2D eigenvalue weighted by Gasteiger charge is 2.48. The molecule has 0 amide bonds. The highest BCUT2D eigenvalue weighted by atomic mass is 16.3. The van der Waals surface area contributed by atoms with E-state index in [4.69, 9.17) is 6.42 Å². The van der Waals surface area contributed by atoms with E-state index in [1.807, 2.05) is 0 Å². The topological polar surface area (TPSA) is 23.5 Å². The quantitative estimate of drug-likeness (QED) is 0.610. The van der Waals surface area contributed by atoms with Crippen molar-refractivity contribution in [1.29, 1.82) is 0 Å². The van der Waals surface area contributed by atoms with Gasteiger partial charge in [0.15, 0.2) is 0 Å². The van der Waals surface area contributed by atoms with Crippen molar-refractivity contribution in [2.24, 2.45) is 5.92 Å². The number of piperidine rings is 1. The molecule has 0 bridgehead atoms. The molecule has 1 heterocycles. The van der Waals surface area contributed by atoms with Crippen LogP contribution in [0.25, 0.3) is 0 Å². The molecule has 4 atom stereocenters. The van der Waals surface area contributed by atoms with Gasteiger partial charge in [-0.25, -0.2) is 0 Å². The van der Waals surface area contributed by atoms with Gasteiger partial charge in [-0.15, -0.1) is 6.42 Å². The van der Waals surface area contributed by atoms with E-state index in [-0.39, 0.29) is 5.92 Å². The lowest BCUT2D eigenvalue weighted by molar-refractivity contribution is -0.0913. The normalized spacial score (nSPS) is 46.9. The molecule has 0 aromatic heterocycles. The summed E-state index contributed by atoms with van der Waals surface area (Å²) in [5, 5.41) is 10.5. The zero-order valence-electron chi connectivity index (χ0n) is 9.74. The molecule has 0 unspecified atom stereocenters. The predicted molar refractivity (Wildman–Crippen MR) is 61.4 cm³/mol. The molecular weight excluding hydrogens is 186 g/mol. The van der Waals surface area contributed by atoms with E-state index < -0.39 is 5.60 Å². The van der Waals surface area contributed by atoms with Crippen LogP contribution in [0.5, 0.6) is 0 Å². The second-order valence-corrected chi connectivity index (χ2v) is 5.25. The lowest BCUT2D eigenvalue weighted by Gasteiger charge is -2.52. The minimum absolute atomic E-state index is 0.289. The average Bonchev–Trinajstić information content (AvgIpc) is 2.26. The van der Waals surface area contributed by atoms with Crippen LogP contribution in [0.15, 0.2) is 0 Å². The summed E-state index contributed by atoms with van der Waals surface area (Å²) in [4.78, 5) is 2.41. The van der Waals surface area contributed by atoms with Crippen LogP contribution in [0.1, 0.15) is 39.0 Å². The molecule has 1 N–H and O–H groups in total. The first kappa shape index (κ1) is 11.0. The first-order chi connectivity index (χ1) is 7.08. The zero-order valence-corrected chi connectivity index (χ0v) is 9.74. The summed E-state index contributed by atoms with van der Waals surface area (Å²) in [6, 6.07) is 0.883. The summed E-state index contributed by atoms with van der Waals surface area (Å²) in [7, 11) is 2.17. The van der Waals surface area contributed by atoms with Crippen LogP contribution in [0.2, 0.25) is 0 Å². The SMILES string of the molecule is C#C[C@]1(O)C[C@@H](C)N(C)[C@@H]2CCCC[C@H]21. The van der Waals surface area contributed by atoms with Crippen LogP contribution in [0, 0.1) is 18.3 Å². The monoisotopic (exact) mass is 207 g/mol. The molecular formula is C13H21NO. The smallest absolute Gasteiger partial charge is 0.131 e. The number of nitrogens with zero attached hydrogens (tertiary/aromatic N) is 1. The summed E-state index contributed by atoms with van der Waals surface area (Å²) in [5.41, 5.74) is -0.850. The van der Waals surface area contributed by atoms with Crippen LogP contribution < -0.4 is 0 Å². The molecule has 2 nitrogen and oxygen atoms in total. The maximum absolute atomic E-state index is 10.5. The Morgan fingerprint density at radius 3 is 2.73 bits per heavy atom. The second kappa shape index (κ2) is 3.81. The minimum atomic E-state index is -0.850. The maximum atomic E-state index is 10.5. The Morgan fingerprint density at radius 1 is 1.40 bits per heavy atom. The standard InChI is InChI=1S/C13H21NO/c1-4-13(15)9-10(2)14(3)12-8-6-5-7-11(12)13/h1,10-12,15H,5-9H2,2-3H3/t10-,11-,12-,13+/m1/s1. The molecule has 2 heteroatoms. The van der Waals surface area contributed by atoms with Crippen molar-refractivity contribution in [2.45, 2.75) is 56.7 Å². The summed E-state index contributed by atoms with van der Waals surface area (Å²) in [6.45, 7) is 2.16. The molecule has 0 aromatic rings. The van der Waals surface area contributed by atoms with Crippen molar-refractivity contribution >= 4 is 0 Å². The number of rotatable bonds is 0. The Kier molecular flexibility index (Phi) is 2.79. The molecule has 15 heavy (non-hydrogen) atoms. The van der Waals surface area contributed by atoms with Crippen molar-refractivity contribution < 1.29 is 5.11 Å². The number of likely N-dealkylation sites (tertiary alicyclic amines) is 1. The highest BCUT2D eigenvalue weighted by molar-refractivity contribution is 5.17. The molecule has 0 aromatic carbocycles. The molecule has 1 saturated heterocycles. The summed E-state index contributed by atoms with van der Waals surface area (Å²) >= 11 is 0. The lowest BCUT2D eigenvalue weighted by Crippen LogP contribution is -2.60. The third-order valence-corrected chi connectivity index (χ3v) is 4.42. The Bertz CT molecular complexity index is 283. The Balaban J connectivity index is 2.27. The minimum Gasteiger partial charge on any atom is -0.377 e. The Labute approximate surface area is 92.7 Å². The van der Waals surface area contributed by atoms with Gasteiger partial charge >= 0.3 is 0 Å². The van der Waals surface area contributed by atoms with E-state index in [0.29, 0.717) is 12.1 Å². The van der Waals surface area contributed by atoms with E-state index in [2.05, 4.69) is 24.8 Å². The van der Waals surface area contributed by atoms with Gasteiger partial charge in [-0.3, -0.25) is 0 Å². The Hall–Kier alpha value is -0.520. The Morgan fingerprint density at radius 2 is 2.07 bits per heavy atom. The van der Waals surface area contributed by atoms with Crippen LogP contribution >= 0.6 is 0 Å². The molecule has 1 saturated carbocycles. The third-order valence-electron chi connectivity index (χ3n) is 4.42. The predicted octanol–water partition coefficient (Wildman–Crippen LogP) is 1.63. The number of terminal acetylenes is 1. The summed E-state index contributed by atoms with van der Waals surface area (Å²) in [5.74, 6) is 2.95. The molecule has 2 rings (SSSR count). The molecule has 0 spiro atoms. The molecule has 1 aliphatic carbocycles. The van der Waals surface area contributed by atoms with Crippen molar-refractivity contribution in [1.82, 2.24) is 4.90 Å². The number of aliphatic hydroxyl groups is 1. The molecule has 1 aliphatic heterocycles. The van der Waals surface area contributed by atoms with Gasteiger partial charge in [-0.1, -0.05) is 18.8 Å². The third kappa shape index (κ3) is 1.68. The van der Waals surface area contributed by atoms with Crippen molar-refractivity contribution in [2.75, 3.05) is 7.05 Å². The van der Waals surface area contributed by atoms with Gasteiger partial charge in [0, 0.05) is 24.4 Å². The number of fused-ring (bicyclic) bond motifs is 1. The van der Waals surface area contributed by atoms with Crippen molar-refractivity contribution in [3.63, 3.8) is 0 Å². The molecule has 2 fully saturated rings. The van der Waals surface area contributed by atoms with E-state index in [1.54, 1.807) is 0 Å². The maximum Gasteiger partial charge on any atom is 0.131 e. The molecule has 0 radical (unpaired) electrons. The van der Waals surface area contributed by atoms with E-state index >= 15 is 0 Å². The zero-order chi connectivity index (χ0) is 11.1. The fourth-order valence-corrected chi connectivity index (χ4v) is 3.39. The molecule has 2 aliphatic rings.